The average molecular weight is 298 g/mol. The highest BCUT2D eigenvalue weighted by Gasteiger charge is 2.31. The summed E-state index contributed by atoms with van der Waals surface area (Å²) in [6, 6.07) is 12.8. The van der Waals surface area contributed by atoms with Gasteiger partial charge in [-0.25, -0.2) is 5.10 Å². The van der Waals surface area contributed by atoms with Gasteiger partial charge in [0.15, 0.2) is 0 Å². The smallest absolute Gasteiger partial charge is 0.274 e. The SMILES string of the molecule is CN1CCN(C(=O)c2ccc(=O)[nH]n2)[C@@H](c2ccccc2)C1. The van der Waals surface area contributed by atoms with Crippen molar-refractivity contribution >= 4 is 5.91 Å². The molecule has 0 radical (unpaired) electrons. The third kappa shape index (κ3) is 2.92. The summed E-state index contributed by atoms with van der Waals surface area (Å²) in [5.41, 5.74) is 1.06. The lowest BCUT2D eigenvalue weighted by Crippen LogP contribution is -2.49. The van der Waals surface area contributed by atoms with Crippen molar-refractivity contribution in [3.63, 3.8) is 0 Å². The molecule has 0 bridgehead atoms. The van der Waals surface area contributed by atoms with Crippen molar-refractivity contribution in [1.29, 1.82) is 0 Å². The highest BCUT2D eigenvalue weighted by molar-refractivity contribution is 5.92. The second-order valence-electron chi connectivity index (χ2n) is 5.49. The van der Waals surface area contributed by atoms with Crippen LogP contribution < -0.4 is 5.56 Å². The molecule has 1 atom stereocenters. The van der Waals surface area contributed by atoms with E-state index in [-0.39, 0.29) is 23.2 Å². The minimum absolute atomic E-state index is 0.0128. The Morgan fingerprint density at radius 1 is 1.18 bits per heavy atom. The number of likely N-dealkylation sites (N-methyl/N-ethyl adjacent to an activating group) is 1. The summed E-state index contributed by atoms with van der Waals surface area (Å²) < 4.78 is 0. The molecule has 1 aliphatic heterocycles. The maximum atomic E-state index is 12.7. The first-order valence-electron chi connectivity index (χ1n) is 7.25. The summed E-state index contributed by atoms with van der Waals surface area (Å²) in [4.78, 5) is 27.9. The van der Waals surface area contributed by atoms with Crippen LogP contribution in [0.3, 0.4) is 0 Å². The molecule has 3 rings (SSSR count). The second-order valence-corrected chi connectivity index (χ2v) is 5.49. The molecule has 6 nitrogen and oxygen atoms in total. The molecule has 0 saturated carbocycles. The fraction of sp³-hybridized carbons (Fsp3) is 0.312. The lowest BCUT2D eigenvalue weighted by molar-refractivity contribution is 0.0491. The normalized spacial score (nSPS) is 19.1. The monoisotopic (exact) mass is 298 g/mol. The number of aromatic nitrogens is 2. The number of H-pyrrole nitrogens is 1. The Morgan fingerprint density at radius 3 is 2.64 bits per heavy atom. The molecule has 6 heteroatoms. The fourth-order valence-corrected chi connectivity index (χ4v) is 2.73. The summed E-state index contributed by atoms with van der Waals surface area (Å²) in [7, 11) is 2.05. The third-order valence-corrected chi connectivity index (χ3v) is 3.93. The van der Waals surface area contributed by atoms with E-state index in [0.29, 0.717) is 6.54 Å². The lowest BCUT2D eigenvalue weighted by atomic mass is 10.0. The Balaban J connectivity index is 1.90. The van der Waals surface area contributed by atoms with Gasteiger partial charge >= 0.3 is 0 Å². The number of aromatic amines is 1. The van der Waals surface area contributed by atoms with E-state index in [0.717, 1.165) is 18.7 Å². The molecule has 22 heavy (non-hydrogen) atoms. The van der Waals surface area contributed by atoms with Crippen LogP contribution in [0.2, 0.25) is 0 Å². The molecule has 114 valence electrons. The predicted octanol–water partition coefficient (Wildman–Crippen LogP) is 0.899. The molecule has 2 heterocycles. The number of carbonyl (C=O) groups is 1. The summed E-state index contributed by atoms with van der Waals surface area (Å²) in [5, 5.41) is 6.18. The van der Waals surface area contributed by atoms with Gasteiger partial charge in [0.05, 0.1) is 6.04 Å². The van der Waals surface area contributed by atoms with Crippen LogP contribution in [0.5, 0.6) is 0 Å². The van der Waals surface area contributed by atoms with Gasteiger partial charge in [-0.15, -0.1) is 0 Å². The summed E-state index contributed by atoms with van der Waals surface area (Å²) in [6.07, 6.45) is 0. The lowest BCUT2D eigenvalue weighted by Gasteiger charge is -2.40. The van der Waals surface area contributed by atoms with Gasteiger partial charge < -0.3 is 9.80 Å². The van der Waals surface area contributed by atoms with E-state index in [1.165, 1.54) is 12.1 Å². The summed E-state index contributed by atoms with van der Waals surface area (Å²) >= 11 is 0. The maximum Gasteiger partial charge on any atom is 0.274 e. The molecule has 0 aliphatic carbocycles. The van der Waals surface area contributed by atoms with E-state index in [4.69, 9.17) is 0 Å². The van der Waals surface area contributed by atoms with Gasteiger partial charge in [0.1, 0.15) is 5.69 Å². The van der Waals surface area contributed by atoms with Crippen molar-refractivity contribution in [3.8, 4) is 0 Å². The number of hydrogen-bond acceptors (Lipinski definition) is 4. The van der Waals surface area contributed by atoms with Crippen molar-refractivity contribution in [3.05, 3.63) is 64.1 Å². The van der Waals surface area contributed by atoms with Crippen LogP contribution in [0, 0.1) is 0 Å². The van der Waals surface area contributed by atoms with Crippen molar-refractivity contribution in [1.82, 2.24) is 20.0 Å². The Morgan fingerprint density at radius 2 is 1.95 bits per heavy atom. The highest BCUT2D eigenvalue weighted by atomic mass is 16.2. The van der Waals surface area contributed by atoms with Crippen molar-refractivity contribution in [2.75, 3.05) is 26.7 Å². The van der Waals surface area contributed by atoms with Gasteiger partial charge in [-0.05, 0) is 18.7 Å². The Hall–Kier alpha value is -2.47. The van der Waals surface area contributed by atoms with Crippen LogP contribution in [0.4, 0.5) is 0 Å². The number of nitrogens with zero attached hydrogens (tertiary/aromatic N) is 3. The maximum absolute atomic E-state index is 12.7. The quantitative estimate of drug-likeness (QED) is 0.894. The van der Waals surface area contributed by atoms with Crippen LogP contribution in [-0.2, 0) is 0 Å². The van der Waals surface area contributed by atoms with Crippen LogP contribution in [-0.4, -0.2) is 52.6 Å². The first kappa shape index (κ1) is 14.5. The minimum atomic E-state index is -0.311. The topological polar surface area (TPSA) is 69.3 Å². The number of rotatable bonds is 2. The third-order valence-electron chi connectivity index (χ3n) is 3.93. The molecular weight excluding hydrogens is 280 g/mol. The van der Waals surface area contributed by atoms with Crippen molar-refractivity contribution in [2.45, 2.75) is 6.04 Å². The van der Waals surface area contributed by atoms with Gasteiger partial charge in [-0.3, -0.25) is 9.59 Å². The molecule has 1 aromatic heterocycles. The van der Waals surface area contributed by atoms with Crippen molar-refractivity contribution < 1.29 is 4.79 Å². The van der Waals surface area contributed by atoms with Gasteiger partial charge in [0, 0.05) is 25.7 Å². The molecule has 1 N–H and O–H groups in total. The van der Waals surface area contributed by atoms with E-state index in [1.807, 2.05) is 35.2 Å². The number of carbonyl (C=O) groups excluding carboxylic acids is 1. The molecule has 0 spiro atoms. The van der Waals surface area contributed by atoms with Gasteiger partial charge in [0.2, 0.25) is 0 Å². The summed E-state index contributed by atoms with van der Waals surface area (Å²) in [6.45, 7) is 2.23. The van der Waals surface area contributed by atoms with E-state index in [1.54, 1.807) is 0 Å². The first-order valence-corrected chi connectivity index (χ1v) is 7.25. The Labute approximate surface area is 128 Å². The van der Waals surface area contributed by atoms with Crippen LogP contribution in [0.15, 0.2) is 47.3 Å². The van der Waals surface area contributed by atoms with E-state index in [9.17, 15) is 9.59 Å². The molecule has 1 aliphatic rings. The Kier molecular flexibility index (Phi) is 4.02. The highest BCUT2D eigenvalue weighted by Crippen LogP contribution is 2.25. The number of hydrogen-bond donors (Lipinski definition) is 1. The number of amides is 1. The molecule has 1 aromatic carbocycles. The van der Waals surface area contributed by atoms with E-state index in [2.05, 4.69) is 22.1 Å². The zero-order valence-electron chi connectivity index (χ0n) is 12.4. The number of nitrogens with one attached hydrogen (secondary N) is 1. The summed E-state index contributed by atoms with van der Waals surface area (Å²) in [5.74, 6) is -0.154. The predicted molar refractivity (Wildman–Crippen MR) is 82.6 cm³/mol. The first-order chi connectivity index (χ1) is 10.6. The fourth-order valence-electron chi connectivity index (χ4n) is 2.73. The molecule has 1 fully saturated rings. The minimum Gasteiger partial charge on any atom is -0.328 e. The second kappa shape index (κ2) is 6.11. The molecule has 2 aromatic rings. The van der Waals surface area contributed by atoms with Crippen LogP contribution >= 0.6 is 0 Å². The van der Waals surface area contributed by atoms with E-state index < -0.39 is 0 Å². The standard InChI is InChI=1S/C16H18N4O2/c1-19-9-10-20(14(11-19)12-5-3-2-4-6-12)16(22)13-7-8-15(21)18-17-13/h2-8,14H,9-11H2,1H3,(H,18,21)/t14-/m1/s1. The zero-order chi connectivity index (χ0) is 15.5. The zero-order valence-corrected chi connectivity index (χ0v) is 12.4. The molecule has 1 amide bonds. The Bertz CT molecular complexity index is 693. The largest absolute Gasteiger partial charge is 0.328 e. The van der Waals surface area contributed by atoms with Gasteiger partial charge in [-0.1, -0.05) is 30.3 Å². The number of benzene rings is 1. The van der Waals surface area contributed by atoms with Gasteiger partial charge in [0.25, 0.3) is 11.5 Å². The molecular formula is C16H18N4O2. The molecule has 0 unspecified atom stereocenters. The van der Waals surface area contributed by atoms with Gasteiger partial charge in [-0.2, -0.15) is 5.10 Å². The van der Waals surface area contributed by atoms with Crippen LogP contribution in [0.1, 0.15) is 22.1 Å². The molecule has 1 saturated heterocycles. The van der Waals surface area contributed by atoms with Crippen LogP contribution in [0.25, 0.3) is 0 Å². The van der Waals surface area contributed by atoms with E-state index >= 15 is 0 Å². The van der Waals surface area contributed by atoms with Crippen molar-refractivity contribution in [2.24, 2.45) is 0 Å². The average Bonchev–Trinajstić information content (AvgIpc) is 2.56. The number of piperazine rings is 1.